The van der Waals surface area contributed by atoms with Crippen molar-refractivity contribution < 1.29 is 9.90 Å². The van der Waals surface area contributed by atoms with Crippen LogP contribution in [0.2, 0.25) is 0 Å². The second kappa shape index (κ2) is 5.51. The fourth-order valence-electron chi connectivity index (χ4n) is 2.80. The summed E-state index contributed by atoms with van der Waals surface area (Å²) in [4.78, 5) is 13.2. The monoisotopic (exact) mass is 262 g/mol. The molecule has 1 aromatic carbocycles. The van der Waals surface area contributed by atoms with E-state index in [4.69, 9.17) is 10.8 Å². The minimum atomic E-state index is -0.974. The Bertz CT molecular complexity index is 465. The third kappa shape index (κ3) is 3.00. The Morgan fingerprint density at radius 3 is 2.47 bits per heavy atom. The van der Waals surface area contributed by atoms with E-state index in [0.717, 1.165) is 11.6 Å². The molecular formula is C15H22N2O2. The van der Waals surface area contributed by atoms with Crippen LogP contribution in [-0.2, 0) is 0 Å². The highest BCUT2D eigenvalue weighted by atomic mass is 16.4. The number of carboxylic acids is 1. The van der Waals surface area contributed by atoms with E-state index in [1.54, 1.807) is 12.1 Å². The minimum Gasteiger partial charge on any atom is -0.478 e. The largest absolute Gasteiger partial charge is 0.478 e. The van der Waals surface area contributed by atoms with Crippen molar-refractivity contribution in [2.45, 2.75) is 38.6 Å². The molecular weight excluding hydrogens is 240 g/mol. The number of benzene rings is 1. The second-order valence-corrected chi connectivity index (χ2v) is 5.60. The molecule has 0 aliphatic heterocycles. The van der Waals surface area contributed by atoms with E-state index in [1.165, 1.54) is 25.7 Å². The number of aromatic carboxylic acids is 1. The van der Waals surface area contributed by atoms with Gasteiger partial charge in [0, 0.05) is 24.5 Å². The standard InChI is InChI=1S/C15H22N2O2/c1-10-3-5-11(6-4-10)17(2)12-7-8-13(15(18)19)14(16)9-12/h7-11H,3-6,16H2,1-2H3,(H,18,19). The minimum absolute atomic E-state index is 0.175. The Labute approximate surface area is 114 Å². The van der Waals surface area contributed by atoms with Gasteiger partial charge in [0.25, 0.3) is 0 Å². The van der Waals surface area contributed by atoms with Gasteiger partial charge in [-0.25, -0.2) is 4.79 Å². The number of rotatable bonds is 3. The summed E-state index contributed by atoms with van der Waals surface area (Å²) in [7, 11) is 2.07. The van der Waals surface area contributed by atoms with Crippen LogP contribution < -0.4 is 10.6 Å². The predicted octanol–water partition coefficient (Wildman–Crippen LogP) is 2.98. The van der Waals surface area contributed by atoms with Gasteiger partial charge in [0.1, 0.15) is 0 Å². The molecule has 1 aromatic rings. The van der Waals surface area contributed by atoms with Gasteiger partial charge >= 0.3 is 5.97 Å². The summed E-state index contributed by atoms with van der Waals surface area (Å²) < 4.78 is 0. The Kier molecular flexibility index (Phi) is 3.98. The Morgan fingerprint density at radius 1 is 1.32 bits per heavy atom. The van der Waals surface area contributed by atoms with Crippen molar-refractivity contribution in [3.8, 4) is 0 Å². The molecule has 104 valence electrons. The van der Waals surface area contributed by atoms with Crippen LogP contribution in [0.4, 0.5) is 11.4 Å². The Balaban J connectivity index is 2.13. The summed E-state index contributed by atoms with van der Waals surface area (Å²) in [6, 6.07) is 5.74. The maximum absolute atomic E-state index is 10.9. The summed E-state index contributed by atoms with van der Waals surface area (Å²) in [5, 5.41) is 8.98. The summed E-state index contributed by atoms with van der Waals surface area (Å²) in [5.41, 5.74) is 7.32. The first-order valence-electron chi connectivity index (χ1n) is 6.84. The predicted molar refractivity (Wildman–Crippen MR) is 77.6 cm³/mol. The van der Waals surface area contributed by atoms with Crippen LogP contribution in [0.3, 0.4) is 0 Å². The third-order valence-electron chi connectivity index (χ3n) is 4.21. The van der Waals surface area contributed by atoms with Gasteiger partial charge in [-0.2, -0.15) is 0 Å². The van der Waals surface area contributed by atoms with Crippen molar-refractivity contribution in [2.24, 2.45) is 5.92 Å². The lowest BCUT2D eigenvalue weighted by atomic mass is 9.86. The lowest BCUT2D eigenvalue weighted by Crippen LogP contribution is -2.34. The molecule has 3 N–H and O–H groups in total. The number of nitrogens with two attached hydrogens (primary N) is 1. The normalized spacial score (nSPS) is 23.1. The van der Waals surface area contributed by atoms with Crippen molar-refractivity contribution in [1.29, 1.82) is 0 Å². The van der Waals surface area contributed by atoms with Gasteiger partial charge in [-0.1, -0.05) is 6.92 Å². The molecule has 0 spiro atoms. The number of carboxylic acid groups (broad SMARTS) is 1. The summed E-state index contributed by atoms with van der Waals surface area (Å²) >= 11 is 0. The zero-order chi connectivity index (χ0) is 14.0. The number of anilines is 2. The van der Waals surface area contributed by atoms with Crippen molar-refractivity contribution in [3.05, 3.63) is 23.8 Å². The highest BCUT2D eigenvalue weighted by molar-refractivity contribution is 5.94. The van der Waals surface area contributed by atoms with Crippen molar-refractivity contribution in [1.82, 2.24) is 0 Å². The zero-order valence-corrected chi connectivity index (χ0v) is 11.6. The molecule has 4 heteroatoms. The molecule has 0 amide bonds. The van der Waals surface area contributed by atoms with E-state index in [1.807, 2.05) is 6.07 Å². The average Bonchev–Trinajstić information content (AvgIpc) is 2.38. The van der Waals surface area contributed by atoms with Crippen LogP contribution in [0.5, 0.6) is 0 Å². The molecule has 2 rings (SSSR count). The number of nitrogens with zero attached hydrogens (tertiary/aromatic N) is 1. The molecule has 1 fully saturated rings. The lowest BCUT2D eigenvalue weighted by Gasteiger charge is -2.35. The summed E-state index contributed by atoms with van der Waals surface area (Å²) in [6.45, 7) is 2.30. The van der Waals surface area contributed by atoms with E-state index < -0.39 is 5.97 Å². The van der Waals surface area contributed by atoms with Gasteiger partial charge in [-0.15, -0.1) is 0 Å². The fraction of sp³-hybridized carbons (Fsp3) is 0.533. The van der Waals surface area contributed by atoms with Crippen LogP contribution in [0, 0.1) is 5.92 Å². The van der Waals surface area contributed by atoms with Crippen LogP contribution in [0.1, 0.15) is 43.0 Å². The Hall–Kier alpha value is -1.71. The Morgan fingerprint density at radius 2 is 1.95 bits per heavy atom. The van der Waals surface area contributed by atoms with Gasteiger partial charge in [0.2, 0.25) is 0 Å². The molecule has 0 radical (unpaired) electrons. The lowest BCUT2D eigenvalue weighted by molar-refractivity contribution is 0.0698. The molecule has 19 heavy (non-hydrogen) atoms. The van der Waals surface area contributed by atoms with E-state index in [0.29, 0.717) is 11.7 Å². The maximum atomic E-state index is 10.9. The molecule has 0 aromatic heterocycles. The van der Waals surface area contributed by atoms with Gasteiger partial charge in [0.05, 0.1) is 5.56 Å². The highest BCUT2D eigenvalue weighted by Crippen LogP contribution is 2.30. The number of nitrogen functional groups attached to an aromatic ring is 1. The number of carbonyl (C=O) groups is 1. The molecule has 0 saturated heterocycles. The van der Waals surface area contributed by atoms with Gasteiger partial charge in [-0.3, -0.25) is 0 Å². The first kappa shape index (κ1) is 13.7. The van der Waals surface area contributed by atoms with Gasteiger partial charge in [0.15, 0.2) is 0 Å². The fourth-order valence-corrected chi connectivity index (χ4v) is 2.80. The summed E-state index contributed by atoms with van der Waals surface area (Å²) in [5.74, 6) is -0.151. The number of hydrogen-bond donors (Lipinski definition) is 2. The maximum Gasteiger partial charge on any atom is 0.337 e. The zero-order valence-electron chi connectivity index (χ0n) is 11.6. The molecule has 0 heterocycles. The summed E-state index contributed by atoms with van der Waals surface area (Å²) in [6.07, 6.45) is 4.91. The van der Waals surface area contributed by atoms with E-state index in [2.05, 4.69) is 18.9 Å². The molecule has 1 aliphatic rings. The van der Waals surface area contributed by atoms with Crippen LogP contribution in [0.15, 0.2) is 18.2 Å². The van der Waals surface area contributed by atoms with Crippen LogP contribution in [-0.4, -0.2) is 24.2 Å². The molecule has 0 atom stereocenters. The molecule has 1 saturated carbocycles. The van der Waals surface area contributed by atoms with Crippen molar-refractivity contribution in [3.63, 3.8) is 0 Å². The van der Waals surface area contributed by atoms with Gasteiger partial charge in [-0.05, 0) is 49.8 Å². The van der Waals surface area contributed by atoms with Crippen LogP contribution in [0.25, 0.3) is 0 Å². The van der Waals surface area contributed by atoms with Crippen molar-refractivity contribution in [2.75, 3.05) is 17.7 Å². The topological polar surface area (TPSA) is 66.6 Å². The second-order valence-electron chi connectivity index (χ2n) is 5.60. The molecule has 0 bridgehead atoms. The highest BCUT2D eigenvalue weighted by Gasteiger charge is 2.22. The molecule has 0 unspecified atom stereocenters. The smallest absolute Gasteiger partial charge is 0.337 e. The van der Waals surface area contributed by atoms with E-state index in [-0.39, 0.29) is 5.56 Å². The molecule has 1 aliphatic carbocycles. The third-order valence-corrected chi connectivity index (χ3v) is 4.21. The first-order valence-corrected chi connectivity index (χ1v) is 6.84. The quantitative estimate of drug-likeness (QED) is 0.822. The van der Waals surface area contributed by atoms with Crippen molar-refractivity contribution >= 4 is 17.3 Å². The van der Waals surface area contributed by atoms with Gasteiger partial charge < -0.3 is 15.7 Å². The van der Waals surface area contributed by atoms with Crippen LogP contribution >= 0.6 is 0 Å². The number of hydrogen-bond acceptors (Lipinski definition) is 3. The van der Waals surface area contributed by atoms with E-state index >= 15 is 0 Å². The first-order chi connectivity index (χ1) is 8.99. The average molecular weight is 262 g/mol. The van der Waals surface area contributed by atoms with E-state index in [9.17, 15) is 4.79 Å². The SMILES string of the molecule is CC1CCC(N(C)c2ccc(C(=O)O)c(N)c2)CC1. The molecule has 4 nitrogen and oxygen atoms in total.